The second-order valence-electron chi connectivity index (χ2n) is 13.3. The minimum Gasteiger partial charge on any atom is -0.495 e. The van der Waals surface area contributed by atoms with Gasteiger partial charge in [-0.1, -0.05) is 71.6 Å². The smallest absolute Gasteiger partial charge is 0.339 e. The zero-order chi connectivity index (χ0) is 43.8. The molecule has 0 bridgehead atoms. The molecule has 7 aromatic rings. The number of nitrogens with zero attached hydrogens (tertiary/aromatic N) is 2. The lowest BCUT2D eigenvalue weighted by Crippen LogP contribution is -2.04. The summed E-state index contributed by atoms with van der Waals surface area (Å²) in [5.74, 6) is 24.1. The van der Waals surface area contributed by atoms with Gasteiger partial charge in [-0.25, -0.2) is 9.59 Å². The molecule has 0 atom stereocenters. The number of rotatable bonds is 5. The summed E-state index contributed by atoms with van der Waals surface area (Å²) in [5.41, 5.74) is 4.67. The van der Waals surface area contributed by atoms with Gasteiger partial charge in [-0.15, -0.1) is 0 Å². The Hall–Kier alpha value is -9.16. The Bertz CT molecular complexity index is 3040. The number of ether oxygens (including phenoxy) is 3. The summed E-state index contributed by atoms with van der Waals surface area (Å²) in [4.78, 5) is 46.7. The molecule has 0 fully saturated rings. The highest BCUT2D eigenvalue weighted by molar-refractivity contribution is 6.09. The number of fused-ring (bicyclic) bond motifs is 2. The summed E-state index contributed by atoms with van der Waals surface area (Å²) in [6, 6.07) is 35.1. The van der Waals surface area contributed by atoms with Gasteiger partial charge in [0.2, 0.25) is 0 Å². The number of benzene rings is 7. The largest absolute Gasteiger partial charge is 0.495 e. The number of hydrogen-bond acceptors (Lipinski definition) is 9. The van der Waals surface area contributed by atoms with E-state index >= 15 is 0 Å². The Morgan fingerprint density at radius 1 is 0.435 bits per heavy atom. The first-order valence-corrected chi connectivity index (χ1v) is 18.6. The van der Waals surface area contributed by atoms with Crippen molar-refractivity contribution in [2.75, 3.05) is 21.3 Å². The Balaban J connectivity index is 1.24. The molecule has 0 amide bonds. The van der Waals surface area contributed by atoms with Crippen LogP contribution in [0.4, 0.5) is 11.4 Å². The molecule has 0 N–H and O–H groups in total. The van der Waals surface area contributed by atoms with Crippen molar-refractivity contribution in [1.82, 2.24) is 0 Å². The summed E-state index contributed by atoms with van der Waals surface area (Å²) in [6.45, 7) is 0. The molecule has 7 rings (SSSR count). The number of esters is 2. The van der Waals surface area contributed by atoms with Crippen molar-refractivity contribution in [3.63, 3.8) is 0 Å². The van der Waals surface area contributed by atoms with Crippen LogP contribution in [0.1, 0.15) is 65.2 Å². The maximum Gasteiger partial charge on any atom is 0.339 e. The first-order chi connectivity index (χ1) is 30.1. The third-order valence-electron chi connectivity index (χ3n) is 9.57. The maximum absolute atomic E-state index is 12.8. The van der Waals surface area contributed by atoms with Crippen molar-refractivity contribution in [2.24, 2.45) is 0 Å². The highest BCUT2D eigenvalue weighted by atomic mass is 16.6. The Morgan fingerprint density at radius 2 is 0.806 bits per heavy atom. The van der Waals surface area contributed by atoms with Gasteiger partial charge in [-0.3, -0.25) is 20.2 Å². The van der Waals surface area contributed by atoms with Crippen LogP contribution in [-0.2, 0) is 9.47 Å². The van der Waals surface area contributed by atoms with Gasteiger partial charge in [0.1, 0.15) is 5.75 Å². The predicted octanol–water partition coefficient (Wildman–Crippen LogP) is 8.99. The van der Waals surface area contributed by atoms with E-state index in [4.69, 9.17) is 14.2 Å². The lowest BCUT2D eigenvalue weighted by atomic mass is 9.95. The number of non-ortho nitro benzene ring substituents is 2. The number of methoxy groups -OCH3 is 3. The van der Waals surface area contributed by atoms with Gasteiger partial charge in [-0.2, -0.15) is 0 Å². The summed E-state index contributed by atoms with van der Waals surface area (Å²) >= 11 is 0. The highest BCUT2D eigenvalue weighted by Gasteiger charge is 2.15. The summed E-state index contributed by atoms with van der Waals surface area (Å²) in [7, 11) is 4.16. The molecule has 0 aliphatic rings. The molecule has 7 aromatic carbocycles. The lowest BCUT2D eigenvalue weighted by molar-refractivity contribution is -0.385. The van der Waals surface area contributed by atoms with Gasteiger partial charge in [0.25, 0.3) is 11.4 Å². The maximum atomic E-state index is 12.8. The third kappa shape index (κ3) is 8.94. The first kappa shape index (κ1) is 41.0. The molecule has 0 aliphatic carbocycles. The van der Waals surface area contributed by atoms with Gasteiger partial charge in [0.15, 0.2) is 0 Å². The molecule has 0 unspecified atom stereocenters. The second kappa shape index (κ2) is 18.2. The van der Waals surface area contributed by atoms with Crippen molar-refractivity contribution in [3.8, 4) is 53.1 Å². The zero-order valence-corrected chi connectivity index (χ0v) is 33.2. The van der Waals surface area contributed by atoms with E-state index in [0.29, 0.717) is 50.3 Å². The number of carbonyl (C=O) groups is 2. The molecule has 11 heteroatoms. The fraction of sp³-hybridized carbons (Fsp3) is 0.0588. The van der Waals surface area contributed by atoms with Gasteiger partial charge in [0, 0.05) is 90.3 Å². The molecule has 11 nitrogen and oxygen atoms in total. The van der Waals surface area contributed by atoms with Gasteiger partial charge >= 0.3 is 11.9 Å². The van der Waals surface area contributed by atoms with Crippen LogP contribution in [0.25, 0.3) is 21.5 Å². The van der Waals surface area contributed by atoms with E-state index in [9.17, 15) is 29.8 Å². The molecule has 0 spiro atoms. The molecule has 0 saturated heterocycles. The van der Waals surface area contributed by atoms with E-state index in [1.54, 1.807) is 43.5 Å². The van der Waals surface area contributed by atoms with Crippen LogP contribution >= 0.6 is 0 Å². The minimum atomic E-state index is -0.595. The summed E-state index contributed by atoms with van der Waals surface area (Å²) < 4.78 is 16.0. The Kier molecular flexibility index (Phi) is 12.0. The van der Waals surface area contributed by atoms with Gasteiger partial charge in [0.05, 0.1) is 42.3 Å². The minimum absolute atomic E-state index is 0.0520. The monoisotopic (exact) mass is 814 g/mol. The normalized spacial score (nSPS) is 10.0. The molecule has 298 valence electrons. The topological polar surface area (TPSA) is 148 Å². The van der Waals surface area contributed by atoms with E-state index in [1.807, 2.05) is 42.5 Å². The number of nitro benzene ring substituents is 2. The molecule has 0 saturated carbocycles. The van der Waals surface area contributed by atoms with Crippen molar-refractivity contribution >= 4 is 44.9 Å². The molecule has 0 aliphatic heterocycles. The number of hydrogen-bond donors (Lipinski definition) is 0. The number of carbonyl (C=O) groups excluding carboxylic acids is 2. The van der Waals surface area contributed by atoms with Crippen LogP contribution < -0.4 is 4.74 Å². The quantitative estimate of drug-likeness (QED) is 0.0546. The van der Waals surface area contributed by atoms with Crippen molar-refractivity contribution in [2.45, 2.75) is 0 Å². The molecule has 0 radical (unpaired) electrons. The summed E-state index contributed by atoms with van der Waals surface area (Å²) in [6.07, 6.45) is 0. The standard InChI is InChI=1S/C51H30N2O9/c1-60-49-43-8-4-6-37(22-12-35-14-24-39(47(30-35)50(54)61-2)20-10-33-16-26-41(27-17-33)52(56)57)45(43)32-46-38(7-5-9-44(46)49)23-13-36-15-25-40(48(31-36)51(55)62-3)21-11-34-18-28-42(29-19-34)53(58)59/h4-9,14-19,24-32H,1-3H3. The number of nitro groups is 2. The average Bonchev–Trinajstić information content (AvgIpc) is 3.30. The van der Waals surface area contributed by atoms with E-state index in [0.717, 1.165) is 21.5 Å². The molecule has 0 aromatic heterocycles. The van der Waals surface area contributed by atoms with Crippen LogP contribution in [0, 0.1) is 67.6 Å². The molecule has 0 heterocycles. The Labute approximate surface area is 355 Å². The first-order valence-electron chi connectivity index (χ1n) is 18.6. The van der Waals surface area contributed by atoms with Crippen LogP contribution in [-0.4, -0.2) is 43.1 Å². The fourth-order valence-electron chi connectivity index (χ4n) is 6.48. The van der Waals surface area contributed by atoms with Crippen molar-refractivity contribution < 1.29 is 33.6 Å². The van der Waals surface area contributed by atoms with Crippen LogP contribution in [0.5, 0.6) is 5.75 Å². The Morgan fingerprint density at radius 3 is 1.18 bits per heavy atom. The van der Waals surface area contributed by atoms with E-state index in [2.05, 4.69) is 47.4 Å². The molecular formula is C51H30N2O9. The van der Waals surface area contributed by atoms with Crippen LogP contribution in [0.3, 0.4) is 0 Å². The summed E-state index contributed by atoms with van der Waals surface area (Å²) in [5, 5.41) is 25.3. The molecule has 62 heavy (non-hydrogen) atoms. The second-order valence-corrected chi connectivity index (χ2v) is 13.3. The fourth-order valence-corrected chi connectivity index (χ4v) is 6.48. The lowest BCUT2D eigenvalue weighted by Gasteiger charge is -2.12. The van der Waals surface area contributed by atoms with Crippen molar-refractivity contribution in [1.29, 1.82) is 0 Å². The van der Waals surface area contributed by atoms with Crippen LogP contribution in [0.2, 0.25) is 0 Å². The zero-order valence-electron chi connectivity index (χ0n) is 33.2. The van der Waals surface area contributed by atoms with Crippen molar-refractivity contribution in [3.05, 3.63) is 203 Å². The van der Waals surface area contributed by atoms with E-state index < -0.39 is 21.8 Å². The van der Waals surface area contributed by atoms with Crippen LogP contribution in [0.15, 0.2) is 127 Å². The third-order valence-corrected chi connectivity index (χ3v) is 9.57. The highest BCUT2D eigenvalue weighted by Crippen LogP contribution is 2.37. The van der Waals surface area contributed by atoms with E-state index in [-0.39, 0.29) is 22.5 Å². The molecular weight excluding hydrogens is 785 g/mol. The SMILES string of the molecule is COC(=O)c1cc(C#Cc2cccc3c(OC)c4cccc(C#Cc5ccc(C#Cc6ccc([N+](=O)[O-])cc6)c(C(=O)OC)c5)c4cc23)ccc1C#Cc1ccc([N+](=O)[O-])cc1. The van der Waals surface area contributed by atoms with Gasteiger partial charge in [-0.05, 0) is 78.9 Å². The van der Waals surface area contributed by atoms with Gasteiger partial charge < -0.3 is 14.2 Å². The average molecular weight is 815 g/mol. The predicted molar refractivity (Wildman–Crippen MR) is 234 cm³/mol. The van der Waals surface area contributed by atoms with E-state index in [1.165, 1.54) is 62.8 Å².